The van der Waals surface area contributed by atoms with Crippen LogP contribution in [0.3, 0.4) is 0 Å². The van der Waals surface area contributed by atoms with Crippen molar-refractivity contribution in [1.82, 2.24) is 14.3 Å². The van der Waals surface area contributed by atoms with Gasteiger partial charge in [-0.2, -0.15) is 4.37 Å². The maximum atomic E-state index is 6.40. The normalized spacial score (nSPS) is 22.2. The summed E-state index contributed by atoms with van der Waals surface area (Å²) < 4.78 is 4.36. The predicted octanol–water partition coefficient (Wildman–Crippen LogP) is 1.32. The summed E-state index contributed by atoms with van der Waals surface area (Å²) in [6.07, 6.45) is 4.22. The number of anilines is 1. The number of aryl methyl sites for hydroxylation is 1. The van der Waals surface area contributed by atoms with Gasteiger partial charge in [0.15, 0.2) is 0 Å². The molecular weight excluding hydrogens is 246 g/mol. The van der Waals surface area contributed by atoms with Crippen molar-refractivity contribution in [3.63, 3.8) is 0 Å². The number of hydrogen-bond acceptors (Lipinski definition) is 6. The molecule has 2 N–H and O–H groups in total. The summed E-state index contributed by atoms with van der Waals surface area (Å²) >= 11 is 1.44. The van der Waals surface area contributed by atoms with Gasteiger partial charge in [0.05, 0.1) is 16.6 Å². The van der Waals surface area contributed by atoms with Gasteiger partial charge in [0.1, 0.15) is 17.0 Å². The Morgan fingerprint density at radius 2 is 2.17 bits per heavy atom. The first kappa shape index (κ1) is 10.6. The molecule has 0 bridgehead atoms. The second-order valence-corrected chi connectivity index (χ2v) is 6.26. The highest BCUT2D eigenvalue weighted by Gasteiger charge is 2.51. The number of fused-ring (bicyclic) bond motifs is 1. The molecule has 3 heterocycles. The van der Waals surface area contributed by atoms with Crippen molar-refractivity contribution in [2.75, 3.05) is 18.0 Å². The molecule has 0 aromatic carbocycles. The highest BCUT2D eigenvalue weighted by Crippen LogP contribution is 2.45. The van der Waals surface area contributed by atoms with Crippen LogP contribution >= 0.6 is 11.5 Å². The molecule has 2 aliphatic rings. The molecule has 2 aromatic rings. The third-order valence-electron chi connectivity index (χ3n) is 4.08. The van der Waals surface area contributed by atoms with Crippen LogP contribution in [-0.2, 0) is 0 Å². The van der Waals surface area contributed by atoms with Crippen LogP contribution in [-0.4, -0.2) is 33.0 Å². The predicted molar refractivity (Wildman–Crippen MR) is 71.8 cm³/mol. The number of hydrogen-bond donors (Lipinski definition) is 1. The zero-order valence-electron chi connectivity index (χ0n) is 10.3. The Morgan fingerprint density at radius 3 is 2.89 bits per heavy atom. The maximum absolute atomic E-state index is 6.40. The van der Waals surface area contributed by atoms with E-state index < -0.39 is 0 Å². The van der Waals surface area contributed by atoms with Gasteiger partial charge < -0.3 is 10.6 Å². The van der Waals surface area contributed by atoms with E-state index in [-0.39, 0.29) is 5.54 Å². The highest BCUT2D eigenvalue weighted by molar-refractivity contribution is 7.13. The first-order chi connectivity index (χ1) is 8.67. The van der Waals surface area contributed by atoms with Gasteiger partial charge in [-0.3, -0.25) is 0 Å². The Morgan fingerprint density at radius 1 is 1.39 bits per heavy atom. The zero-order valence-corrected chi connectivity index (χ0v) is 11.1. The van der Waals surface area contributed by atoms with E-state index in [9.17, 15) is 0 Å². The molecule has 2 aromatic heterocycles. The van der Waals surface area contributed by atoms with E-state index in [4.69, 9.17) is 5.73 Å². The molecule has 0 spiro atoms. The lowest BCUT2D eigenvalue weighted by atomic mass is 9.85. The lowest BCUT2D eigenvalue weighted by Crippen LogP contribution is -2.69. The molecular formula is C12H15N5S. The summed E-state index contributed by atoms with van der Waals surface area (Å²) in [6, 6.07) is 0. The minimum Gasteiger partial charge on any atom is -0.352 e. The monoisotopic (exact) mass is 261 g/mol. The van der Waals surface area contributed by atoms with E-state index >= 15 is 0 Å². The Balaban J connectivity index is 1.70. The summed E-state index contributed by atoms with van der Waals surface area (Å²) in [5.41, 5.74) is 7.44. The van der Waals surface area contributed by atoms with Gasteiger partial charge in [0.2, 0.25) is 0 Å². The van der Waals surface area contributed by atoms with Crippen molar-refractivity contribution in [2.24, 2.45) is 11.7 Å². The van der Waals surface area contributed by atoms with Crippen LogP contribution in [0.5, 0.6) is 0 Å². The fourth-order valence-electron chi connectivity index (χ4n) is 2.87. The number of nitrogens with two attached hydrogens (primary N) is 1. The standard InChI is InChI=1S/C12H15N5S/c1-7-9-10(14-6-15-11(9)18-16-7)17-4-12(13,5-17)8-2-3-8/h6,8H,2-5,13H2,1H3. The Bertz CT molecular complexity index is 612. The van der Waals surface area contributed by atoms with Crippen LogP contribution < -0.4 is 10.6 Å². The third kappa shape index (κ3) is 1.39. The Hall–Kier alpha value is -1.27. The molecule has 1 aliphatic carbocycles. The molecule has 2 fully saturated rings. The Kier molecular flexibility index (Phi) is 2.00. The molecule has 1 saturated heterocycles. The molecule has 94 valence electrons. The second kappa shape index (κ2) is 3.39. The minimum absolute atomic E-state index is 0.0224. The van der Waals surface area contributed by atoms with Gasteiger partial charge in [-0.15, -0.1) is 0 Å². The zero-order chi connectivity index (χ0) is 12.3. The second-order valence-electron chi connectivity index (χ2n) is 5.51. The van der Waals surface area contributed by atoms with Crippen molar-refractivity contribution in [2.45, 2.75) is 25.3 Å². The quantitative estimate of drug-likeness (QED) is 0.883. The lowest BCUT2D eigenvalue weighted by molar-refractivity contribution is 0.290. The molecule has 0 amide bonds. The summed E-state index contributed by atoms with van der Waals surface area (Å²) in [7, 11) is 0. The summed E-state index contributed by atoms with van der Waals surface area (Å²) in [5.74, 6) is 1.74. The summed E-state index contributed by atoms with van der Waals surface area (Å²) in [6.45, 7) is 3.85. The van der Waals surface area contributed by atoms with E-state index in [0.29, 0.717) is 0 Å². The van der Waals surface area contributed by atoms with Crippen molar-refractivity contribution in [1.29, 1.82) is 0 Å². The summed E-state index contributed by atoms with van der Waals surface area (Å²) in [5, 5.41) is 1.10. The van der Waals surface area contributed by atoms with E-state index in [1.807, 2.05) is 6.92 Å². The van der Waals surface area contributed by atoms with Crippen molar-refractivity contribution >= 4 is 27.6 Å². The van der Waals surface area contributed by atoms with Gasteiger partial charge in [-0.25, -0.2) is 9.97 Å². The SMILES string of the molecule is Cc1nsc2ncnc(N3CC(N)(C4CC4)C3)c12. The molecule has 1 saturated carbocycles. The van der Waals surface area contributed by atoms with Crippen LogP contribution in [0.15, 0.2) is 6.33 Å². The number of rotatable bonds is 2. The fourth-order valence-corrected chi connectivity index (χ4v) is 3.61. The average molecular weight is 261 g/mol. The summed E-state index contributed by atoms with van der Waals surface area (Å²) in [4.78, 5) is 11.9. The molecule has 4 rings (SSSR count). The molecule has 6 heteroatoms. The molecule has 0 radical (unpaired) electrons. The van der Waals surface area contributed by atoms with E-state index in [1.165, 1.54) is 24.4 Å². The van der Waals surface area contributed by atoms with E-state index in [0.717, 1.165) is 40.7 Å². The maximum Gasteiger partial charge on any atom is 0.149 e. The van der Waals surface area contributed by atoms with Crippen LogP contribution in [0.1, 0.15) is 18.5 Å². The third-order valence-corrected chi connectivity index (χ3v) is 4.93. The largest absolute Gasteiger partial charge is 0.352 e. The fraction of sp³-hybridized carbons (Fsp3) is 0.583. The van der Waals surface area contributed by atoms with Crippen LogP contribution in [0.2, 0.25) is 0 Å². The minimum atomic E-state index is 0.0224. The van der Waals surface area contributed by atoms with Gasteiger partial charge >= 0.3 is 0 Å². The first-order valence-corrected chi connectivity index (χ1v) is 7.05. The van der Waals surface area contributed by atoms with E-state index in [2.05, 4.69) is 19.2 Å². The number of nitrogens with zero attached hydrogens (tertiary/aromatic N) is 4. The van der Waals surface area contributed by atoms with Gasteiger partial charge in [-0.05, 0) is 37.2 Å². The van der Waals surface area contributed by atoms with Crippen molar-refractivity contribution in [3.05, 3.63) is 12.0 Å². The van der Waals surface area contributed by atoms with Crippen LogP contribution in [0, 0.1) is 12.8 Å². The van der Waals surface area contributed by atoms with Crippen molar-refractivity contribution < 1.29 is 0 Å². The van der Waals surface area contributed by atoms with Crippen LogP contribution in [0.25, 0.3) is 10.2 Å². The molecule has 5 nitrogen and oxygen atoms in total. The lowest BCUT2D eigenvalue weighted by Gasteiger charge is -2.49. The first-order valence-electron chi connectivity index (χ1n) is 6.28. The van der Waals surface area contributed by atoms with E-state index in [1.54, 1.807) is 6.33 Å². The molecule has 0 atom stereocenters. The van der Waals surface area contributed by atoms with Gasteiger partial charge in [0, 0.05) is 13.1 Å². The highest BCUT2D eigenvalue weighted by atomic mass is 32.1. The smallest absolute Gasteiger partial charge is 0.149 e. The van der Waals surface area contributed by atoms with Crippen LogP contribution in [0.4, 0.5) is 5.82 Å². The average Bonchev–Trinajstić information content (AvgIpc) is 3.11. The van der Waals surface area contributed by atoms with Crippen molar-refractivity contribution in [3.8, 4) is 0 Å². The van der Waals surface area contributed by atoms with Gasteiger partial charge in [0.25, 0.3) is 0 Å². The number of aromatic nitrogens is 3. The molecule has 0 unspecified atom stereocenters. The molecule has 18 heavy (non-hydrogen) atoms. The topological polar surface area (TPSA) is 67.9 Å². The molecule has 1 aliphatic heterocycles. The Labute approximate surface area is 109 Å². The van der Waals surface area contributed by atoms with Gasteiger partial charge in [-0.1, -0.05) is 0 Å².